The molecule has 0 unspecified atom stereocenters. The molecule has 0 radical (unpaired) electrons. The van der Waals surface area contributed by atoms with Gasteiger partial charge in [0.15, 0.2) is 0 Å². The number of carbonyl (C=O) groups excluding carboxylic acids is 1. The largest absolute Gasteiger partial charge is 0.336 e. The maximum absolute atomic E-state index is 12.8. The topological polar surface area (TPSA) is 57.7 Å². The van der Waals surface area contributed by atoms with E-state index in [1.54, 1.807) is 4.90 Å². The van der Waals surface area contributed by atoms with Gasteiger partial charge in [0.1, 0.15) is 0 Å². The summed E-state index contributed by atoms with van der Waals surface area (Å²) >= 11 is 0. The van der Waals surface area contributed by atoms with Gasteiger partial charge < -0.3 is 4.90 Å². The lowest BCUT2D eigenvalue weighted by Crippen LogP contribution is -2.51. The molecule has 2 rings (SSSR count). The molecule has 6 heteroatoms. The molecule has 1 aromatic carbocycles. The molecule has 1 amide bonds. The molecule has 134 valence electrons. The zero-order valence-corrected chi connectivity index (χ0v) is 15.9. The van der Waals surface area contributed by atoms with E-state index in [2.05, 4.69) is 19.9 Å². The van der Waals surface area contributed by atoms with E-state index in [1.165, 1.54) is 4.31 Å². The molecule has 1 fully saturated rings. The fourth-order valence-corrected chi connectivity index (χ4v) is 4.45. The molecule has 1 saturated heterocycles. The Bertz CT molecular complexity index is 690. The second-order valence-electron chi connectivity index (χ2n) is 6.74. The van der Waals surface area contributed by atoms with Crippen molar-refractivity contribution in [2.75, 3.05) is 31.9 Å². The molecule has 24 heavy (non-hydrogen) atoms. The van der Waals surface area contributed by atoms with Gasteiger partial charge in [0.2, 0.25) is 10.0 Å². The first-order chi connectivity index (χ1) is 11.3. The average molecular weight is 353 g/mol. The van der Waals surface area contributed by atoms with Gasteiger partial charge in [-0.15, -0.1) is 0 Å². The van der Waals surface area contributed by atoms with Gasteiger partial charge in [0, 0.05) is 31.7 Å². The van der Waals surface area contributed by atoms with Gasteiger partial charge in [-0.05, 0) is 36.5 Å². The van der Waals surface area contributed by atoms with Gasteiger partial charge in [0.25, 0.3) is 5.91 Å². The van der Waals surface area contributed by atoms with Crippen LogP contribution in [-0.4, -0.2) is 55.5 Å². The summed E-state index contributed by atoms with van der Waals surface area (Å²) in [6.07, 6.45) is 0.614. The monoisotopic (exact) mass is 352 g/mol. The Kier molecular flexibility index (Phi) is 6.04. The zero-order valence-electron chi connectivity index (χ0n) is 15.1. The highest BCUT2D eigenvalue weighted by Crippen LogP contribution is 2.21. The lowest BCUT2D eigenvalue weighted by atomic mass is 9.97. The van der Waals surface area contributed by atoms with Crippen LogP contribution in [0.5, 0.6) is 0 Å². The molecule has 0 bridgehead atoms. The van der Waals surface area contributed by atoms with Gasteiger partial charge in [-0.2, -0.15) is 4.31 Å². The molecule has 0 N–H and O–H groups in total. The van der Waals surface area contributed by atoms with Crippen molar-refractivity contribution in [3.63, 3.8) is 0 Å². The molecular weight excluding hydrogens is 324 g/mol. The van der Waals surface area contributed by atoms with Crippen LogP contribution in [0.25, 0.3) is 0 Å². The number of piperazine rings is 1. The minimum atomic E-state index is -3.18. The van der Waals surface area contributed by atoms with Gasteiger partial charge in [-0.25, -0.2) is 8.42 Å². The number of amides is 1. The van der Waals surface area contributed by atoms with E-state index in [-0.39, 0.29) is 11.7 Å². The Labute approximate surface area is 145 Å². The van der Waals surface area contributed by atoms with Crippen LogP contribution in [0, 0.1) is 6.92 Å². The van der Waals surface area contributed by atoms with Crippen LogP contribution in [0.15, 0.2) is 18.2 Å². The maximum atomic E-state index is 12.8. The van der Waals surface area contributed by atoms with Crippen molar-refractivity contribution in [1.29, 1.82) is 0 Å². The number of rotatable bonds is 5. The summed E-state index contributed by atoms with van der Waals surface area (Å²) in [5.41, 5.74) is 2.84. The summed E-state index contributed by atoms with van der Waals surface area (Å²) in [4.78, 5) is 14.6. The number of nitrogens with zero attached hydrogens (tertiary/aromatic N) is 2. The number of hydrogen-bond acceptors (Lipinski definition) is 3. The van der Waals surface area contributed by atoms with Crippen molar-refractivity contribution in [1.82, 2.24) is 9.21 Å². The minimum Gasteiger partial charge on any atom is -0.336 e. The van der Waals surface area contributed by atoms with Crippen LogP contribution in [0.1, 0.15) is 54.6 Å². The lowest BCUT2D eigenvalue weighted by molar-refractivity contribution is 0.0697. The molecule has 0 aromatic heterocycles. The number of hydrogen-bond donors (Lipinski definition) is 0. The van der Waals surface area contributed by atoms with Crippen LogP contribution in [0.2, 0.25) is 0 Å². The number of aryl methyl sites for hydroxylation is 1. The highest BCUT2D eigenvalue weighted by Gasteiger charge is 2.29. The van der Waals surface area contributed by atoms with Crippen molar-refractivity contribution in [3.8, 4) is 0 Å². The second kappa shape index (κ2) is 7.66. The third kappa shape index (κ3) is 4.16. The highest BCUT2D eigenvalue weighted by molar-refractivity contribution is 7.89. The number of sulfonamides is 1. The molecule has 5 nitrogen and oxygen atoms in total. The van der Waals surface area contributed by atoms with Crippen molar-refractivity contribution in [2.24, 2.45) is 0 Å². The SMILES string of the molecule is CCCS(=O)(=O)N1CCN(C(=O)c2cc(C(C)C)ccc2C)CC1. The summed E-state index contributed by atoms with van der Waals surface area (Å²) in [5, 5.41) is 0. The van der Waals surface area contributed by atoms with Gasteiger partial charge in [-0.3, -0.25) is 4.79 Å². The predicted molar refractivity (Wildman–Crippen MR) is 96.8 cm³/mol. The second-order valence-corrected chi connectivity index (χ2v) is 8.82. The van der Waals surface area contributed by atoms with E-state index in [0.29, 0.717) is 38.5 Å². The molecule has 0 aliphatic carbocycles. The Morgan fingerprint density at radius 2 is 1.79 bits per heavy atom. The fourth-order valence-electron chi connectivity index (χ4n) is 2.96. The van der Waals surface area contributed by atoms with Crippen molar-refractivity contribution in [2.45, 2.75) is 40.0 Å². The smallest absolute Gasteiger partial charge is 0.254 e. The highest BCUT2D eigenvalue weighted by atomic mass is 32.2. The third-order valence-corrected chi connectivity index (χ3v) is 6.62. The Morgan fingerprint density at radius 1 is 1.17 bits per heavy atom. The summed E-state index contributed by atoms with van der Waals surface area (Å²) < 4.78 is 25.8. The average Bonchev–Trinajstić information content (AvgIpc) is 2.54. The molecule has 1 heterocycles. The molecule has 1 aromatic rings. The van der Waals surface area contributed by atoms with Crippen molar-refractivity contribution < 1.29 is 13.2 Å². The fraction of sp³-hybridized carbons (Fsp3) is 0.611. The predicted octanol–water partition coefficient (Wildman–Crippen LogP) is 2.62. The molecular formula is C18H28N2O3S. The quantitative estimate of drug-likeness (QED) is 0.818. The van der Waals surface area contributed by atoms with E-state index in [0.717, 1.165) is 16.7 Å². The Balaban J connectivity index is 2.10. The van der Waals surface area contributed by atoms with E-state index in [4.69, 9.17) is 0 Å². The first-order valence-electron chi connectivity index (χ1n) is 8.64. The van der Waals surface area contributed by atoms with Crippen LogP contribution < -0.4 is 0 Å². The zero-order chi connectivity index (χ0) is 17.9. The maximum Gasteiger partial charge on any atom is 0.254 e. The standard InChI is InChI=1S/C18H28N2O3S/c1-5-12-24(22,23)20-10-8-19(9-11-20)18(21)17-13-16(14(2)3)7-6-15(17)4/h6-7,13-14H,5,8-12H2,1-4H3. The summed E-state index contributed by atoms with van der Waals surface area (Å²) in [6, 6.07) is 6.03. The minimum absolute atomic E-state index is 0.00235. The third-order valence-electron chi connectivity index (χ3n) is 4.54. The number of benzene rings is 1. The molecule has 1 aliphatic heterocycles. The number of carbonyl (C=O) groups is 1. The molecule has 0 saturated carbocycles. The van der Waals surface area contributed by atoms with Crippen LogP contribution in [0.4, 0.5) is 0 Å². The first kappa shape index (κ1) is 18.9. The van der Waals surface area contributed by atoms with E-state index >= 15 is 0 Å². The Morgan fingerprint density at radius 3 is 2.33 bits per heavy atom. The Hall–Kier alpha value is -1.40. The molecule has 0 spiro atoms. The van der Waals surface area contributed by atoms with Gasteiger partial charge >= 0.3 is 0 Å². The summed E-state index contributed by atoms with van der Waals surface area (Å²) in [7, 11) is -3.18. The van der Waals surface area contributed by atoms with E-state index in [1.807, 2.05) is 26.0 Å². The molecule has 0 atom stereocenters. The lowest BCUT2D eigenvalue weighted by Gasteiger charge is -2.34. The summed E-state index contributed by atoms with van der Waals surface area (Å²) in [6.45, 7) is 9.70. The van der Waals surface area contributed by atoms with Crippen molar-refractivity contribution >= 4 is 15.9 Å². The van der Waals surface area contributed by atoms with Gasteiger partial charge in [-0.1, -0.05) is 32.9 Å². The van der Waals surface area contributed by atoms with Crippen LogP contribution in [-0.2, 0) is 10.0 Å². The van der Waals surface area contributed by atoms with Gasteiger partial charge in [0.05, 0.1) is 5.75 Å². The van der Waals surface area contributed by atoms with Crippen LogP contribution in [0.3, 0.4) is 0 Å². The van der Waals surface area contributed by atoms with Crippen molar-refractivity contribution in [3.05, 3.63) is 34.9 Å². The summed E-state index contributed by atoms with van der Waals surface area (Å²) in [5.74, 6) is 0.548. The first-order valence-corrected chi connectivity index (χ1v) is 10.2. The van der Waals surface area contributed by atoms with Crippen LogP contribution >= 0.6 is 0 Å². The molecule has 1 aliphatic rings. The van der Waals surface area contributed by atoms with E-state index in [9.17, 15) is 13.2 Å². The normalized spacial score (nSPS) is 16.6. The van der Waals surface area contributed by atoms with E-state index < -0.39 is 10.0 Å².